The minimum atomic E-state index is -3.64. The summed E-state index contributed by atoms with van der Waals surface area (Å²) in [5.74, 6) is 0. The molecule has 0 saturated carbocycles. The van der Waals surface area contributed by atoms with Crippen LogP contribution in [0.25, 0.3) is 0 Å². The zero-order valence-electron chi connectivity index (χ0n) is 11.3. The maximum Gasteiger partial charge on any atom is 0.254 e. The molecule has 0 aliphatic heterocycles. The topological polar surface area (TPSA) is 83.8 Å². The van der Waals surface area contributed by atoms with Crippen molar-refractivity contribution in [1.82, 2.24) is 0 Å². The predicted molar refractivity (Wildman–Crippen MR) is 76.3 cm³/mol. The molecule has 1 aromatic rings. The third-order valence-corrected chi connectivity index (χ3v) is 7.01. The Labute approximate surface area is 113 Å². The molecule has 2 atom stereocenters. The fourth-order valence-corrected chi connectivity index (χ4v) is 3.21. The number of hydrogen-bond donors (Lipinski definition) is 2. The van der Waals surface area contributed by atoms with E-state index in [9.17, 15) is 18.9 Å². The minimum absolute atomic E-state index is 0.276. The Kier molecular flexibility index (Phi) is 5.16. The molecule has 0 heterocycles. The molecule has 0 fully saturated rings. The van der Waals surface area contributed by atoms with Crippen LogP contribution in [-0.4, -0.2) is 27.6 Å². The molecular weight excluding hydrogens is 286 g/mol. The van der Waals surface area contributed by atoms with Gasteiger partial charge in [0.15, 0.2) is 0 Å². The van der Waals surface area contributed by atoms with Crippen LogP contribution in [0.4, 0.5) is 0 Å². The molecule has 0 amide bonds. The van der Waals surface area contributed by atoms with Crippen molar-refractivity contribution in [2.75, 3.05) is 12.7 Å². The van der Waals surface area contributed by atoms with Crippen LogP contribution in [0.2, 0.25) is 0 Å². The average Bonchev–Trinajstić information content (AvgIpc) is 2.28. The highest BCUT2D eigenvalue weighted by atomic mass is 31.2. The van der Waals surface area contributed by atoms with Crippen molar-refractivity contribution >= 4 is 20.0 Å². The smallest absolute Gasteiger partial charge is 0.254 e. The lowest BCUT2D eigenvalue weighted by atomic mass is 10.3. The second kappa shape index (κ2) is 5.90. The Hall–Kier alpha value is -0.440. The van der Waals surface area contributed by atoms with Crippen LogP contribution in [0, 0.1) is 0 Å². The van der Waals surface area contributed by atoms with Gasteiger partial charge in [-0.15, -0.1) is 0 Å². The van der Waals surface area contributed by atoms with E-state index in [0.29, 0.717) is 0 Å². The van der Waals surface area contributed by atoms with Gasteiger partial charge in [0, 0.05) is 10.5 Å². The van der Waals surface area contributed by atoms with Crippen molar-refractivity contribution in [3.8, 4) is 0 Å². The summed E-state index contributed by atoms with van der Waals surface area (Å²) < 4.78 is 28.9. The largest absolute Gasteiger partial charge is 0.361 e. The normalized spacial score (nSPS) is 18.6. The zero-order valence-corrected chi connectivity index (χ0v) is 13.1. The highest BCUT2D eigenvalue weighted by Gasteiger charge is 2.35. The molecule has 0 spiro atoms. The summed E-state index contributed by atoms with van der Waals surface area (Å²) >= 11 is 0. The van der Waals surface area contributed by atoms with Gasteiger partial charge < -0.3 is 14.5 Å². The van der Waals surface area contributed by atoms with Crippen LogP contribution in [0.3, 0.4) is 0 Å². The first-order valence-corrected chi connectivity index (χ1v) is 9.52. The second-order valence-electron chi connectivity index (χ2n) is 5.37. The molecule has 0 aliphatic carbocycles. The molecule has 2 N–H and O–H groups in total. The summed E-state index contributed by atoms with van der Waals surface area (Å²) in [6.45, 7) is 4.90. The summed E-state index contributed by atoms with van der Waals surface area (Å²) in [6.07, 6.45) is -0.883. The summed E-state index contributed by atoms with van der Waals surface area (Å²) in [5, 5.41) is -0.530. The van der Waals surface area contributed by atoms with Crippen molar-refractivity contribution in [3.63, 3.8) is 0 Å². The lowest BCUT2D eigenvalue weighted by Crippen LogP contribution is -2.18. The van der Waals surface area contributed by atoms with Crippen molar-refractivity contribution in [3.05, 3.63) is 30.3 Å². The zero-order chi connectivity index (χ0) is 14.7. The van der Waals surface area contributed by atoms with E-state index in [0.717, 1.165) is 0 Å². The van der Waals surface area contributed by atoms with E-state index in [1.54, 1.807) is 39.0 Å². The fraction of sp³-hybridized carbons (Fsp3) is 0.500. The van der Waals surface area contributed by atoms with Gasteiger partial charge in [-0.2, -0.15) is 0 Å². The molecule has 7 heteroatoms. The third-order valence-electron chi connectivity index (χ3n) is 2.74. The summed E-state index contributed by atoms with van der Waals surface area (Å²) in [6, 6.07) is 8.12. The van der Waals surface area contributed by atoms with Crippen LogP contribution in [0.1, 0.15) is 20.8 Å². The van der Waals surface area contributed by atoms with Crippen LogP contribution in [0.5, 0.6) is 0 Å². The number of ether oxygens (including phenoxy) is 1. The number of benzene rings is 1. The Morgan fingerprint density at radius 3 is 2.05 bits per heavy atom. The predicted octanol–water partition coefficient (Wildman–Crippen LogP) is 2.58. The highest BCUT2D eigenvalue weighted by molar-refractivity contribution is 7.66. The first-order chi connectivity index (χ1) is 8.56. The molecule has 0 aromatic heterocycles. The van der Waals surface area contributed by atoms with Gasteiger partial charge in [-0.3, -0.25) is 9.13 Å². The Morgan fingerprint density at radius 1 is 1.05 bits per heavy atom. The van der Waals surface area contributed by atoms with E-state index < -0.39 is 32.6 Å². The lowest BCUT2D eigenvalue weighted by Gasteiger charge is -2.26. The Balaban J connectivity index is 2.64. The van der Waals surface area contributed by atoms with E-state index in [2.05, 4.69) is 0 Å². The highest BCUT2D eigenvalue weighted by Crippen LogP contribution is 2.54. The Morgan fingerprint density at radius 2 is 1.58 bits per heavy atom. The van der Waals surface area contributed by atoms with Gasteiger partial charge in [0.25, 0.3) is 7.37 Å². The molecule has 1 rings (SSSR count). The number of hydrogen-bond acceptors (Lipinski definition) is 3. The molecule has 5 nitrogen and oxygen atoms in total. The van der Waals surface area contributed by atoms with Gasteiger partial charge in [0.2, 0.25) is 7.37 Å². The fourth-order valence-electron chi connectivity index (χ4n) is 1.22. The average molecular weight is 306 g/mol. The lowest BCUT2D eigenvalue weighted by molar-refractivity contribution is 0.203. The SMILES string of the molecule is CC(C)(C)P(=O)(O)COCP(=O)(O)c1ccccc1. The Bertz CT molecular complexity index is 507. The van der Waals surface area contributed by atoms with Gasteiger partial charge in [-0.05, 0) is 12.1 Å². The molecule has 0 bridgehead atoms. The molecule has 0 saturated heterocycles. The van der Waals surface area contributed by atoms with Crippen LogP contribution in [0.15, 0.2) is 30.3 Å². The van der Waals surface area contributed by atoms with Crippen LogP contribution < -0.4 is 5.30 Å². The summed E-state index contributed by atoms with van der Waals surface area (Å²) in [4.78, 5) is 19.6. The first kappa shape index (κ1) is 16.6. The number of rotatable bonds is 5. The molecule has 108 valence electrons. The summed E-state index contributed by atoms with van der Waals surface area (Å²) in [5.41, 5.74) is 0. The standard InChI is InChI=1S/C12H20O5P2/c1-12(2,3)19(15,16)10-17-9-18(13,14)11-7-5-4-6-8-11/h4-8H,9-10H2,1-3H3,(H,13,14)(H,15,16). The quantitative estimate of drug-likeness (QED) is 0.817. The minimum Gasteiger partial charge on any atom is -0.361 e. The van der Waals surface area contributed by atoms with E-state index >= 15 is 0 Å². The van der Waals surface area contributed by atoms with Gasteiger partial charge in [0.1, 0.15) is 12.7 Å². The van der Waals surface area contributed by atoms with Gasteiger partial charge in [-0.25, -0.2) is 0 Å². The molecule has 2 unspecified atom stereocenters. The van der Waals surface area contributed by atoms with E-state index in [4.69, 9.17) is 4.74 Å². The molecular formula is C12H20O5P2. The first-order valence-electron chi connectivity index (χ1n) is 5.83. The van der Waals surface area contributed by atoms with Gasteiger partial charge in [-0.1, -0.05) is 39.0 Å². The van der Waals surface area contributed by atoms with Crippen molar-refractivity contribution < 1.29 is 23.7 Å². The van der Waals surface area contributed by atoms with E-state index in [1.165, 1.54) is 12.1 Å². The maximum absolute atomic E-state index is 12.0. The van der Waals surface area contributed by atoms with Gasteiger partial charge >= 0.3 is 0 Å². The van der Waals surface area contributed by atoms with E-state index in [1.807, 2.05) is 0 Å². The third kappa shape index (κ3) is 4.55. The molecule has 19 heavy (non-hydrogen) atoms. The van der Waals surface area contributed by atoms with Gasteiger partial charge in [0.05, 0.1) is 0 Å². The molecule has 0 aliphatic rings. The monoisotopic (exact) mass is 306 g/mol. The van der Waals surface area contributed by atoms with Crippen LogP contribution in [-0.2, 0) is 13.9 Å². The molecule has 1 aromatic carbocycles. The van der Waals surface area contributed by atoms with Crippen molar-refractivity contribution in [1.29, 1.82) is 0 Å². The summed E-state index contributed by atoms with van der Waals surface area (Å²) in [7, 11) is -7.15. The van der Waals surface area contributed by atoms with E-state index in [-0.39, 0.29) is 5.30 Å². The van der Waals surface area contributed by atoms with Crippen molar-refractivity contribution in [2.24, 2.45) is 0 Å². The second-order valence-corrected chi connectivity index (χ2v) is 10.6. The van der Waals surface area contributed by atoms with Crippen LogP contribution >= 0.6 is 14.7 Å². The van der Waals surface area contributed by atoms with Crippen molar-refractivity contribution in [2.45, 2.75) is 25.9 Å². The maximum atomic E-state index is 12.0. The molecule has 0 radical (unpaired) electrons.